The fraction of sp³-hybridized carbons (Fsp3) is 0.308. The number of halogens is 2. The Balaban J connectivity index is 1.89. The van der Waals surface area contributed by atoms with E-state index in [9.17, 15) is 9.18 Å². The van der Waals surface area contributed by atoms with Crippen LogP contribution in [0.5, 0.6) is 0 Å². The Hall–Kier alpha value is -2.15. The van der Waals surface area contributed by atoms with Crippen LogP contribution in [-0.4, -0.2) is 27.2 Å². The van der Waals surface area contributed by atoms with Gasteiger partial charge in [0.1, 0.15) is 5.82 Å². The highest BCUT2D eigenvalue weighted by atomic mass is 35.5. The SMILES string of the molecule is Nc1nonc1C(=O)N(Cc1c(F)cccc1Cl)C1CC1. The first kappa shape index (κ1) is 13.8. The fourth-order valence-corrected chi connectivity index (χ4v) is 2.31. The molecule has 1 aromatic carbocycles. The van der Waals surface area contributed by atoms with Gasteiger partial charge in [-0.25, -0.2) is 9.02 Å². The van der Waals surface area contributed by atoms with E-state index < -0.39 is 11.7 Å². The molecule has 0 aliphatic heterocycles. The largest absolute Gasteiger partial charge is 0.379 e. The lowest BCUT2D eigenvalue weighted by Crippen LogP contribution is -2.33. The van der Waals surface area contributed by atoms with Crippen LogP contribution in [0.2, 0.25) is 5.02 Å². The van der Waals surface area contributed by atoms with Gasteiger partial charge in [0, 0.05) is 16.6 Å². The van der Waals surface area contributed by atoms with Gasteiger partial charge in [-0.05, 0) is 35.3 Å². The van der Waals surface area contributed by atoms with Crippen LogP contribution < -0.4 is 5.73 Å². The van der Waals surface area contributed by atoms with Crippen LogP contribution in [0.1, 0.15) is 28.9 Å². The van der Waals surface area contributed by atoms with E-state index in [0.717, 1.165) is 12.8 Å². The third-order valence-electron chi connectivity index (χ3n) is 3.36. The number of nitrogens with two attached hydrogens (primary N) is 1. The van der Waals surface area contributed by atoms with Gasteiger partial charge in [0.2, 0.25) is 11.5 Å². The van der Waals surface area contributed by atoms with Crippen LogP contribution in [0.4, 0.5) is 10.2 Å². The molecule has 1 aromatic heterocycles. The summed E-state index contributed by atoms with van der Waals surface area (Å²) in [4.78, 5) is 14.0. The van der Waals surface area contributed by atoms with E-state index in [1.165, 1.54) is 17.0 Å². The minimum Gasteiger partial charge on any atom is -0.379 e. The van der Waals surface area contributed by atoms with Gasteiger partial charge in [-0.15, -0.1) is 0 Å². The molecule has 0 bridgehead atoms. The summed E-state index contributed by atoms with van der Waals surface area (Å²) in [5, 5.41) is 7.17. The van der Waals surface area contributed by atoms with Crippen molar-refractivity contribution >= 4 is 23.3 Å². The monoisotopic (exact) mass is 310 g/mol. The maximum Gasteiger partial charge on any atom is 0.280 e. The predicted octanol–water partition coefficient (Wildman–Crippen LogP) is 2.25. The van der Waals surface area contributed by atoms with Crippen molar-refractivity contribution in [1.29, 1.82) is 0 Å². The van der Waals surface area contributed by atoms with Gasteiger partial charge >= 0.3 is 0 Å². The summed E-state index contributed by atoms with van der Waals surface area (Å²) in [6, 6.07) is 4.44. The lowest BCUT2D eigenvalue weighted by molar-refractivity contribution is 0.0718. The van der Waals surface area contributed by atoms with Gasteiger partial charge in [0.25, 0.3) is 5.91 Å². The number of rotatable bonds is 4. The molecular formula is C13H12ClFN4O2. The van der Waals surface area contributed by atoms with Crippen molar-refractivity contribution in [1.82, 2.24) is 15.2 Å². The van der Waals surface area contributed by atoms with E-state index in [1.807, 2.05) is 0 Å². The highest BCUT2D eigenvalue weighted by Crippen LogP contribution is 2.32. The van der Waals surface area contributed by atoms with Crippen molar-refractivity contribution < 1.29 is 13.8 Å². The molecule has 1 saturated carbocycles. The van der Waals surface area contributed by atoms with Crippen molar-refractivity contribution in [3.8, 4) is 0 Å². The molecule has 0 unspecified atom stereocenters. The summed E-state index contributed by atoms with van der Waals surface area (Å²) in [5.74, 6) is -0.965. The summed E-state index contributed by atoms with van der Waals surface area (Å²) >= 11 is 6.01. The second-order valence-electron chi connectivity index (χ2n) is 4.86. The lowest BCUT2D eigenvalue weighted by Gasteiger charge is -2.22. The predicted molar refractivity (Wildman–Crippen MR) is 73.0 cm³/mol. The molecule has 0 radical (unpaired) electrons. The van der Waals surface area contributed by atoms with Crippen molar-refractivity contribution in [2.24, 2.45) is 0 Å². The van der Waals surface area contributed by atoms with Crippen molar-refractivity contribution in [3.05, 3.63) is 40.3 Å². The summed E-state index contributed by atoms with van der Waals surface area (Å²) in [5.41, 5.74) is 5.75. The molecule has 2 aromatic rings. The Morgan fingerprint density at radius 1 is 1.48 bits per heavy atom. The van der Waals surface area contributed by atoms with E-state index in [0.29, 0.717) is 0 Å². The highest BCUT2D eigenvalue weighted by Gasteiger charge is 2.36. The molecule has 3 rings (SSSR count). The number of carbonyl (C=O) groups is 1. The van der Waals surface area contributed by atoms with E-state index in [2.05, 4.69) is 14.9 Å². The number of nitrogens with zero attached hydrogens (tertiary/aromatic N) is 3. The van der Waals surface area contributed by atoms with Crippen molar-refractivity contribution in [2.45, 2.75) is 25.4 Å². The van der Waals surface area contributed by atoms with Crippen LogP contribution in [0.3, 0.4) is 0 Å². The van der Waals surface area contributed by atoms with E-state index in [4.69, 9.17) is 17.3 Å². The summed E-state index contributed by atoms with van der Waals surface area (Å²) in [7, 11) is 0. The molecule has 21 heavy (non-hydrogen) atoms. The van der Waals surface area contributed by atoms with E-state index in [1.54, 1.807) is 6.07 Å². The Kier molecular flexibility index (Phi) is 3.50. The van der Waals surface area contributed by atoms with Gasteiger partial charge in [-0.2, -0.15) is 0 Å². The molecule has 2 N–H and O–H groups in total. The quantitative estimate of drug-likeness (QED) is 0.936. The molecule has 1 aliphatic rings. The zero-order chi connectivity index (χ0) is 15.0. The third kappa shape index (κ3) is 2.69. The minimum absolute atomic E-state index is 0.0317. The second-order valence-corrected chi connectivity index (χ2v) is 5.27. The summed E-state index contributed by atoms with van der Waals surface area (Å²) < 4.78 is 18.3. The number of nitrogen functional groups attached to an aromatic ring is 1. The van der Waals surface area contributed by atoms with Crippen LogP contribution in [0.25, 0.3) is 0 Å². The molecule has 0 saturated heterocycles. The normalized spacial score (nSPS) is 14.2. The molecule has 0 atom stereocenters. The lowest BCUT2D eigenvalue weighted by atomic mass is 10.2. The fourth-order valence-electron chi connectivity index (χ4n) is 2.09. The van der Waals surface area contributed by atoms with Gasteiger partial charge in [0.15, 0.2) is 0 Å². The minimum atomic E-state index is -0.452. The van der Waals surface area contributed by atoms with Gasteiger partial charge in [-0.1, -0.05) is 17.7 Å². The van der Waals surface area contributed by atoms with Crippen LogP contribution in [0, 0.1) is 5.82 Å². The third-order valence-corrected chi connectivity index (χ3v) is 3.71. The maximum atomic E-state index is 13.9. The molecule has 1 heterocycles. The molecule has 8 heteroatoms. The van der Waals surface area contributed by atoms with Crippen molar-refractivity contribution in [3.63, 3.8) is 0 Å². The molecule has 1 aliphatic carbocycles. The van der Waals surface area contributed by atoms with E-state index >= 15 is 0 Å². The van der Waals surface area contributed by atoms with Crippen LogP contribution in [-0.2, 0) is 6.54 Å². The Morgan fingerprint density at radius 2 is 2.24 bits per heavy atom. The molecular weight excluding hydrogens is 299 g/mol. The molecule has 1 amide bonds. The zero-order valence-corrected chi connectivity index (χ0v) is 11.7. The highest BCUT2D eigenvalue weighted by molar-refractivity contribution is 6.31. The Labute approximate surface area is 124 Å². The topological polar surface area (TPSA) is 85.2 Å². The first-order valence-corrected chi connectivity index (χ1v) is 6.77. The van der Waals surface area contributed by atoms with Gasteiger partial charge in [-0.3, -0.25) is 4.79 Å². The maximum absolute atomic E-state index is 13.9. The average Bonchev–Trinajstić information content (AvgIpc) is 3.19. The van der Waals surface area contributed by atoms with Gasteiger partial charge in [0.05, 0.1) is 6.54 Å². The number of carbonyl (C=O) groups excluding carboxylic acids is 1. The second kappa shape index (κ2) is 5.33. The first-order chi connectivity index (χ1) is 10.1. The number of benzene rings is 1. The van der Waals surface area contributed by atoms with Crippen LogP contribution >= 0.6 is 11.6 Å². The first-order valence-electron chi connectivity index (χ1n) is 6.40. The average molecular weight is 311 g/mol. The number of amides is 1. The molecule has 0 spiro atoms. The van der Waals surface area contributed by atoms with E-state index in [-0.39, 0.29) is 34.7 Å². The van der Waals surface area contributed by atoms with Crippen LogP contribution in [0.15, 0.2) is 22.8 Å². The molecule has 6 nitrogen and oxygen atoms in total. The number of hydrogen-bond acceptors (Lipinski definition) is 5. The molecule has 110 valence electrons. The van der Waals surface area contributed by atoms with Crippen molar-refractivity contribution in [2.75, 3.05) is 5.73 Å². The standard InChI is InChI=1S/C13H12ClFN4O2/c14-9-2-1-3-10(15)8(9)6-19(7-4-5-7)13(20)11-12(16)18-21-17-11/h1-3,7H,4-6H2,(H2,16,18). The number of anilines is 1. The smallest absolute Gasteiger partial charge is 0.280 e. The Bertz CT molecular complexity index is 666. The number of aromatic nitrogens is 2. The summed E-state index contributed by atoms with van der Waals surface area (Å²) in [6.07, 6.45) is 1.70. The van der Waals surface area contributed by atoms with Gasteiger partial charge < -0.3 is 10.6 Å². The Morgan fingerprint density at radius 3 is 2.81 bits per heavy atom. The summed E-state index contributed by atoms with van der Waals surface area (Å²) in [6.45, 7) is 0.0569. The number of hydrogen-bond donors (Lipinski definition) is 1. The molecule has 1 fully saturated rings. The zero-order valence-electron chi connectivity index (χ0n) is 10.9.